The van der Waals surface area contributed by atoms with E-state index in [4.69, 9.17) is 9.47 Å². The molecule has 46 heavy (non-hydrogen) atoms. The second-order valence-corrected chi connectivity index (χ2v) is 12.7. The van der Waals surface area contributed by atoms with Crippen LogP contribution in [0.3, 0.4) is 0 Å². The van der Waals surface area contributed by atoms with Gasteiger partial charge in [0.1, 0.15) is 6.61 Å². The average Bonchev–Trinajstić information content (AvgIpc) is 3.06. The fourth-order valence-electron chi connectivity index (χ4n) is 5.19. The molecule has 0 saturated heterocycles. The van der Waals surface area contributed by atoms with Crippen LogP contribution in [-0.4, -0.2) is 36.4 Å². The first kappa shape index (κ1) is 43.9. The summed E-state index contributed by atoms with van der Waals surface area (Å²) in [6.45, 7) is 4.06. The van der Waals surface area contributed by atoms with Crippen LogP contribution in [-0.2, 0) is 19.1 Å². The summed E-state index contributed by atoms with van der Waals surface area (Å²) in [4.78, 5) is 24.2. The van der Waals surface area contributed by atoms with Gasteiger partial charge < -0.3 is 14.6 Å². The lowest BCUT2D eigenvalue weighted by Gasteiger charge is -2.15. The topological polar surface area (TPSA) is 72.8 Å². The lowest BCUT2D eigenvalue weighted by Crippen LogP contribution is -2.28. The van der Waals surface area contributed by atoms with Crippen molar-refractivity contribution >= 4 is 11.9 Å². The smallest absolute Gasteiger partial charge is 0.306 e. The van der Waals surface area contributed by atoms with E-state index >= 15 is 0 Å². The van der Waals surface area contributed by atoms with Crippen molar-refractivity contribution in [3.8, 4) is 0 Å². The van der Waals surface area contributed by atoms with Gasteiger partial charge in [-0.25, -0.2) is 0 Å². The number of esters is 2. The molecule has 0 saturated carbocycles. The highest BCUT2D eigenvalue weighted by Gasteiger charge is 2.15. The molecule has 0 unspecified atom stereocenters. The van der Waals surface area contributed by atoms with Crippen LogP contribution < -0.4 is 0 Å². The number of unbranched alkanes of at least 4 members (excludes halogenated alkanes) is 18. The second-order valence-electron chi connectivity index (χ2n) is 12.7. The van der Waals surface area contributed by atoms with E-state index in [1.54, 1.807) is 0 Å². The maximum atomic E-state index is 12.1. The normalized spacial score (nSPS) is 12.7. The predicted octanol–water partition coefficient (Wildman–Crippen LogP) is 11.8. The first-order valence-corrected chi connectivity index (χ1v) is 19.2. The molecule has 0 aliphatic rings. The van der Waals surface area contributed by atoms with Crippen molar-refractivity contribution in [3.05, 3.63) is 48.6 Å². The molecule has 0 fully saturated rings. The monoisotopic (exact) mass is 645 g/mol. The van der Waals surface area contributed by atoms with Gasteiger partial charge in [-0.2, -0.15) is 0 Å². The maximum absolute atomic E-state index is 12.1. The molecule has 0 heterocycles. The Balaban J connectivity index is 3.66. The SMILES string of the molecule is CCCCC/C=C/C/C=C/C/C=C/C/C=C/CCCC(=O)O[C@H](CO)COC(=O)CCCCCCCCCCCCCCCCC. The van der Waals surface area contributed by atoms with Crippen molar-refractivity contribution in [2.45, 2.75) is 187 Å². The summed E-state index contributed by atoms with van der Waals surface area (Å²) in [7, 11) is 0. The minimum atomic E-state index is -0.797. The molecule has 0 amide bonds. The van der Waals surface area contributed by atoms with Gasteiger partial charge in [-0.05, 0) is 51.4 Å². The van der Waals surface area contributed by atoms with Gasteiger partial charge in [0.15, 0.2) is 6.10 Å². The molecule has 266 valence electrons. The fourth-order valence-corrected chi connectivity index (χ4v) is 5.19. The van der Waals surface area contributed by atoms with Gasteiger partial charge in [0.05, 0.1) is 6.61 Å². The van der Waals surface area contributed by atoms with E-state index in [1.165, 1.54) is 103 Å². The Morgan fingerprint density at radius 3 is 1.37 bits per heavy atom. The number of aliphatic hydroxyl groups excluding tert-OH is 1. The predicted molar refractivity (Wildman–Crippen MR) is 196 cm³/mol. The van der Waals surface area contributed by atoms with E-state index in [0.29, 0.717) is 12.8 Å². The van der Waals surface area contributed by atoms with E-state index in [2.05, 4.69) is 62.5 Å². The number of carbonyl (C=O) groups is 2. The van der Waals surface area contributed by atoms with Crippen LogP contribution in [0.4, 0.5) is 0 Å². The van der Waals surface area contributed by atoms with Crippen LogP contribution in [0.15, 0.2) is 48.6 Å². The van der Waals surface area contributed by atoms with Crippen molar-refractivity contribution in [2.75, 3.05) is 13.2 Å². The van der Waals surface area contributed by atoms with E-state index < -0.39 is 6.10 Å². The highest BCUT2D eigenvalue weighted by Crippen LogP contribution is 2.14. The lowest BCUT2D eigenvalue weighted by atomic mass is 10.0. The lowest BCUT2D eigenvalue weighted by molar-refractivity contribution is -0.161. The van der Waals surface area contributed by atoms with E-state index in [-0.39, 0.29) is 31.6 Å². The molecular weight excluding hydrogens is 572 g/mol. The molecular formula is C41H72O5. The van der Waals surface area contributed by atoms with Crippen LogP contribution in [0, 0.1) is 0 Å². The van der Waals surface area contributed by atoms with Crippen LogP contribution in [0.2, 0.25) is 0 Å². The third-order valence-corrected chi connectivity index (χ3v) is 8.13. The minimum Gasteiger partial charge on any atom is -0.462 e. The summed E-state index contributed by atoms with van der Waals surface area (Å²) in [5.74, 6) is -0.655. The molecule has 0 aromatic heterocycles. The standard InChI is InChI=1S/C41H72O5/c1-3-5-7-9-11-13-15-17-19-20-22-24-26-28-30-32-34-36-41(44)46-39(37-42)38-45-40(43)35-33-31-29-27-25-23-21-18-16-14-12-10-8-6-4-2/h11,13,17,19,22,24,28,30,39,42H,3-10,12,14-16,18,20-21,23,25-27,29,31-38H2,1-2H3/b13-11+,19-17+,24-22+,30-28+/t39-/m1/s1. The number of aliphatic hydroxyl groups is 1. The van der Waals surface area contributed by atoms with Crippen molar-refractivity contribution in [3.63, 3.8) is 0 Å². The van der Waals surface area contributed by atoms with Crippen LogP contribution in [0.1, 0.15) is 181 Å². The summed E-state index contributed by atoms with van der Waals surface area (Å²) in [5.41, 5.74) is 0. The van der Waals surface area contributed by atoms with Gasteiger partial charge in [-0.3, -0.25) is 9.59 Å². The van der Waals surface area contributed by atoms with Crippen molar-refractivity contribution < 1.29 is 24.2 Å². The Morgan fingerprint density at radius 1 is 0.500 bits per heavy atom. The average molecular weight is 645 g/mol. The number of rotatable bonds is 34. The van der Waals surface area contributed by atoms with Crippen molar-refractivity contribution in [2.24, 2.45) is 0 Å². The number of hydrogen-bond acceptors (Lipinski definition) is 5. The highest BCUT2D eigenvalue weighted by molar-refractivity contribution is 5.70. The number of carbonyl (C=O) groups excluding carboxylic acids is 2. The van der Waals surface area contributed by atoms with Gasteiger partial charge in [-0.15, -0.1) is 0 Å². The van der Waals surface area contributed by atoms with Crippen LogP contribution in [0.25, 0.3) is 0 Å². The maximum Gasteiger partial charge on any atom is 0.306 e. The third kappa shape index (κ3) is 34.7. The molecule has 0 aliphatic heterocycles. The molecule has 0 aromatic carbocycles. The molecule has 5 heteroatoms. The molecule has 0 aromatic rings. The molecule has 0 bridgehead atoms. The highest BCUT2D eigenvalue weighted by atomic mass is 16.6. The van der Waals surface area contributed by atoms with Gasteiger partial charge in [0, 0.05) is 12.8 Å². The Labute approximate surface area is 284 Å². The molecule has 0 rings (SSSR count). The van der Waals surface area contributed by atoms with Gasteiger partial charge in [0.25, 0.3) is 0 Å². The van der Waals surface area contributed by atoms with E-state index in [0.717, 1.165) is 44.9 Å². The second kappa shape index (κ2) is 37.3. The number of ether oxygens (including phenoxy) is 2. The Morgan fingerprint density at radius 2 is 0.891 bits per heavy atom. The summed E-state index contributed by atoms with van der Waals surface area (Å²) < 4.78 is 10.6. The molecule has 0 aliphatic carbocycles. The van der Waals surface area contributed by atoms with E-state index in [9.17, 15) is 14.7 Å². The zero-order valence-electron chi connectivity index (χ0n) is 30.1. The Hall–Kier alpha value is -2.14. The Bertz CT molecular complexity index is 782. The quantitative estimate of drug-likeness (QED) is 0.0429. The van der Waals surface area contributed by atoms with Gasteiger partial charge in [-0.1, -0.05) is 165 Å². The Kier molecular flexibility index (Phi) is 35.6. The first-order chi connectivity index (χ1) is 22.6. The zero-order chi connectivity index (χ0) is 33.6. The number of allylic oxidation sites excluding steroid dienone is 8. The zero-order valence-corrected chi connectivity index (χ0v) is 30.1. The first-order valence-electron chi connectivity index (χ1n) is 19.2. The summed E-state index contributed by atoms with van der Waals surface area (Å²) >= 11 is 0. The summed E-state index contributed by atoms with van der Waals surface area (Å²) in [6.07, 6.45) is 46.0. The van der Waals surface area contributed by atoms with Gasteiger partial charge in [0.2, 0.25) is 0 Å². The summed E-state index contributed by atoms with van der Waals surface area (Å²) in [6, 6.07) is 0. The van der Waals surface area contributed by atoms with Crippen molar-refractivity contribution in [1.29, 1.82) is 0 Å². The van der Waals surface area contributed by atoms with Crippen LogP contribution in [0.5, 0.6) is 0 Å². The molecule has 0 radical (unpaired) electrons. The van der Waals surface area contributed by atoms with E-state index in [1.807, 2.05) is 0 Å². The number of hydrogen-bond donors (Lipinski definition) is 1. The summed E-state index contributed by atoms with van der Waals surface area (Å²) in [5, 5.41) is 9.53. The van der Waals surface area contributed by atoms with Gasteiger partial charge >= 0.3 is 11.9 Å². The third-order valence-electron chi connectivity index (χ3n) is 8.13. The van der Waals surface area contributed by atoms with Crippen LogP contribution >= 0.6 is 0 Å². The molecule has 1 atom stereocenters. The minimum absolute atomic E-state index is 0.0863. The molecule has 5 nitrogen and oxygen atoms in total. The largest absolute Gasteiger partial charge is 0.462 e. The van der Waals surface area contributed by atoms with Crippen molar-refractivity contribution in [1.82, 2.24) is 0 Å². The fraction of sp³-hybridized carbons (Fsp3) is 0.756. The molecule has 0 spiro atoms. The molecule has 1 N–H and O–H groups in total.